The molecule has 0 spiro atoms. The fourth-order valence-electron chi connectivity index (χ4n) is 4.81. The summed E-state index contributed by atoms with van der Waals surface area (Å²) in [5, 5.41) is 0. The Bertz CT molecular complexity index is 653. The molecule has 1 aromatic rings. The van der Waals surface area contributed by atoms with Crippen LogP contribution in [0, 0.1) is 12.8 Å². The monoisotopic (exact) mass is 342 g/mol. The van der Waals surface area contributed by atoms with E-state index in [4.69, 9.17) is 9.97 Å². The number of rotatable bonds is 2. The van der Waals surface area contributed by atoms with Crippen LogP contribution in [-0.4, -0.2) is 47.5 Å². The molecule has 1 atom stereocenters. The van der Waals surface area contributed by atoms with Gasteiger partial charge in [-0.05, 0) is 45.4 Å². The van der Waals surface area contributed by atoms with E-state index in [0.29, 0.717) is 11.8 Å². The maximum absolute atomic E-state index is 12.8. The van der Waals surface area contributed by atoms with Crippen molar-refractivity contribution >= 4 is 11.7 Å². The molecule has 1 saturated carbocycles. The zero-order valence-corrected chi connectivity index (χ0v) is 15.6. The van der Waals surface area contributed by atoms with Gasteiger partial charge in [0.15, 0.2) is 0 Å². The third-order valence-electron chi connectivity index (χ3n) is 6.29. The van der Waals surface area contributed by atoms with E-state index in [9.17, 15) is 4.79 Å². The van der Waals surface area contributed by atoms with Crippen LogP contribution < -0.4 is 4.90 Å². The second-order valence-electron chi connectivity index (χ2n) is 8.10. The van der Waals surface area contributed by atoms with Gasteiger partial charge >= 0.3 is 0 Å². The Labute approximate surface area is 150 Å². The molecule has 3 aliphatic rings. The van der Waals surface area contributed by atoms with Crippen molar-refractivity contribution < 1.29 is 4.79 Å². The van der Waals surface area contributed by atoms with Crippen molar-refractivity contribution in [2.75, 3.05) is 31.6 Å². The van der Waals surface area contributed by atoms with E-state index in [-0.39, 0.29) is 5.92 Å². The van der Waals surface area contributed by atoms with E-state index in [1.54, 1.807) is 0 Å². The lowest BCUT2D eigenvalue weighted by Gasteiger charge is -2.35. The van der Waals surface area contributed by atoms with Crippen molar-refractivity contribution in [3.8, 4) is 0 Å². The second kappa shape index (κ2) is 6.93. The van der Waals surface area contributed by atoms with Crippen LogP contribution in [0.4, 0.5) is 5.82 Å². The SMILES string of the molecule is Cc1nc(C2CCCN(C(=O)C3CCCC3)C2)nc2c1CCCN2C. The first kappa shape index (κ1) is 16.8. The molecule has 5 nitrogen and oxygen atoms in total. The predicted molar refractivity (Wildman–Crippen MR) is 98.9 cm³/mol. The first-order valence-corrected chi connectivity index (χ1v) is 10.0. The molecule has 1 unspecified atom stereocenters. The van der Waals surface area contributed by atoms with Crippen molar-refractivity contribution in [2.24, 2.45) is 5.92 Å². The molecular formula is C20H30N4O. The van der Waals surface area contributed by atoms with Crippen LogP contribution in [0.1, 0.15) is 67.9 Å². The molecule has 136 valence electrons. The maximum atomic E-state index is 12.8. The third kappa shape index (κ3) is 3.25. The molecule has 1 amide bonds. The number of nitrogens with zero attached hydrogens (tertiary/aromatic N) is 4. The number of fused-ring (bicyclic) bond motifs is 1. The Kier molecular flexibility index (Phi) is 4.65. The topological polar surface area (TPSA) is 49.3 Å². The standard InChI is InChI=1S/C20H30N4O/c1-14-17-10-6-11-23(2)19(17)22-18(21-14)16-9-5-12-24(13-16)20(25)15-7-3-4-8-15/h15-16H,3-13H2,1-2H3. The first-order chi connectivity index (χ1) is 12.1. The van der Waals surface area contributed by atoms with Crippen LogP contribution in [0.5, 0.6) is 0 Å². The van der Waals surface area contributed by atoms with Crippen molar-refractivity contribution in [2.45, 2.75) is 64.2 Å². The number of aryl methyl sites for hydroxylation is 1. The molecule has 2 aliphatic heterocycles. The van der Waals surface area contributed by atoms with Gasteiger partial charge in [0.05, 0.1) is 0 Å². The van der Waals surface area contributed by atoms with E-state index < -0.39 is 0 Å². The Balaban J connectivity index is 1.54. The summed E-state index contributed by atoms with van der Waals surface area (Å²) in [7, 11) is 2.13. The normalized spacial score (nSPS) is 24.5. The lowest BCUT2D eigenvalue weighted by molar-refractivity contribution is -0.136. The first-order valence-electron chi connectivity index (χ1n) is 10.0. The van der Waals surface area contributed by atoms with Gasteiger partial charge in [-0.1, -0.05) is 12.8 Å². The number of hydrogen-bond acceptors (Lipinski definition) is 4. The summed E-state index contributed by atoms with van der Waals surface area (Å²) in [4.78, 5) is 27.0. The molecule has 0 N–H and O–H groups in total. The highest BCUT2D eigenvalue weighted by Crippen LogP contribution is 2.33. The van der Waals surface area contributed by atoms with Crippen LogP contribution in [0.2, 0.25) is 0 Å². The summed E-state index contributed by atoms with van der Waals surface area (Å²) in [5.74, 6) is 3.02. The third-order valence-corrected chi connectivity index (χ3v) is 6.29. The molecule has 5 heteroatoms. The summed E-state index contributed by atoms with van der Waals surface area (Å²) in [6.07, 6.45) is 9.02. The van der Waals surface area contributed by atoms with Crippen LogP contribution in [0.25, 0.3) is 0 Å². The lowest BCUT2D eigenvalue weighted by Crippen LogP contribution is -2.42. The van der Waals surface area contributed by atoms with Gasteiger partial charge in [-0.3, -0.25) is 4.79 Å². The Morgan fingerprint density at radius 2 is 1.84 bits per heavy atom. The van der Waals surface area contributed by atoms with Crippen molar-refractivity contribution in [3.63, 3.8) is 0 Å². The number of likely N-dealkylation sites (tertiary alicyclic amines) is 1. The smallest absolute Gasteiger partial charge is 0.225 e. The molecule has 3 heterocycles. The minimum absolute atomic E-state index is 0.274. The van der Waals surface area contributed by atoms with Gasteiger partial charge in [-0.15, -0.1) is 0 Å². The van der Waals surface area contributed by atoms with Gasteiger partial charge in [0.25, 0.3) is 0 Å². The minimum Gasteiger partial charge on any atom is -0.359 e. The van der Waals surface area contributed by atoms with Crippen molar-refractivity contribution in [3.05, 3.63) is 17.1 Å². The highest BCUT2D eigenvalue weighted by molar-refractivity contribution is 5.79. The van der Waals surface area contributed by atoms with E-state index in [0.717, 1.165) is 69.1 Å². The van der Waals surface area contributed by atoms with E-state index >= 15 is 0 Å². The van der Waals surface area contributed by atoms with Crippen LogP contribution in [0.15, 0.2) is 0 Å². The molecule has 0 radical (unpaired) electrons. The summed E-state index contributed by atoms with van der Waals surface area (Å²) < 4.78 is 0. The highest BCUT2D eigenvalue weighted by atomic mass is 16.2. The molecule has 1 aliphatic carbocycles. The molecule has 1 saturated heterocycles. The van der Waals surface area contributed by atoms with E-state index in [1.807, 2.05) is 0 Å². The fraction of sp³-hybridized carbons (Fsp3) is 0.750. The Morgan fingerprint density at radius 3 is 2.64 bits per heavy atom. The Morgan fingerprint density at radius 1 is 1.04 bits per heavy atom. The number of carbonyl (C=O) groups is 1. The van der Waals surface area contributed by atoms with E-state index in [2.05, 4.69) is 23.8 Å². The highest BCUT2D eigenvalue weighted by Gasteiger charge is 2.32. The summed E-state index contributed by atoms with van der Waals surface area (Å²) in [5.41, 5.74) is 2.44. The average molecular weight is 342 g/mol. The van der Waals surface area contributed by atoms with Crippen LogP contribution in [-0.2, 0) is 11.2 Å². The zero-order chi connectivity index (χ0) is 17.4. The number of aromatic nitrogens is 2. The van der Waals surface area contributed by atoms with Crippen LogP contribution in [0.3, 0.4) is 0 Å². The zero-order valence-electron chi connectivity index (χ0n) is 15.6. The molecule has 2 fully saturated rings. The number of carbonyl (C=O) groups excluding carboxylic acids is 1. The largest absolute Gasteiger partial charge is 0.359 e. The van der Waals surface area contributed by atoms with Crippen molar-refractivity contribution in [1.82, 2.24) is 14.9 Å². The summed E-state index contributed by atoms with van der Waals surface area (Å²) in [6.45, 7) is 4.90. The summed E-state index contributed by atoms with van der Waals surface area (Å²) in [6, 6.07) is 0. The molecule has 25 heavy (non-hydrogen) atoms. The Hall–Kier alpha value is -1.65. The van der Waals surface area contributed by atoms with Gasteiger partial charge < -0.3 is 9.80 Å². The number of amides is 1. The molecule has 0 bridgehead atoms. The van der Waals surface area contributed by atoms with Crippen molar-refractivity contribution in [1.29, 1.82) is 0 Å². The molecule has 0 aromatic carbocycles. The summed E-state index contributed by atoms with van der Waals surface area (Å²) >= 11 is 0. The molecule has 1 aromatic heterocycles. The predicted octanol–water partition coefficient (Wildman–Crippen LogP) is 3.06. The lowest BCUT2D eigenvalue weighted by atomic mass is 9.94. The molecule has 4 rings (SSSR count). The second-order valence-corrected chi connectivity index (χ2v) is 8.10. The van der Waals surface area contributed by atoms with Gasteiger partial charge in [-0.2, -0.15) is 0 Å². The minimum atomic E-state index is 0.274. The van der Waals surface area contributed by atoms with Gasteiger partial charge in [0.1, 0.15) is 11.6 Å². The maximum Gasteiger partial charge on any atom is 0.225 e. The van der Waals surface area contributed by atoms with Gasteiger partial charge in [0, 0.05) is 49.8 Å². The van der Waals surface area contributed by atoms with E-state index in [1.165, 1.54) is 24.8 Å². The van der Waals surface area contributed by atoms with Crippen LogP contribution >= 0.6 is 0 Å². The quantitative estimate of drug-likeness (QED) is 0.829. The fourth-order valence-corrected chi connectivity index (χ4v) is 4.81. The van der Waals surface area contributed by atoms with Gasteiger partial charge in [-0.25, -0.2) is 9.97 Å². The number of piperidine rings is 1. The number of anilines is 1. The molecular weight excluding hydrogens is 312 g/mol. The number of hydrogen-bond donors (Lipinski definition) is 0. The van der Waals surface area contributed by atoms with Gasteiger partial charge in [0.2, 0.25) is 5.91 Å². The average Bonchev–Trinajstić information content (AvgIpc) is 3.16.